The molecular weight excluding hydrogens is 460 g/mol. The van der Waals surface area contributed by atoms with Crippen molar-refractivity contribution >= 4 is 19.3 Å². The first-order valence-electron chi connectivity index (χ1n) is 10.9. The summed E-state index contributed by atoms with van der Waals surface area (Å²) >= 11 is 0. The van der Waals surface area contributed by atoms with Crippen molar-refractivity contribution in [2.45, 2.75) is 51.7 Å². The van der Waals surface area contributed by atoms with Gasteiger partial charge in [0.25, 0.3) is 0 Å². The number of carbonyl (C=O) groups is 1. The molecule has 0 radical (unpaired) electrons. The van der Waals surface area contributed by atoms with Crippen molar-refractivity contribution in [3.8, 4) is 6.07 Å². The fourth-order valence-electron chi connectivity index (χ4n) is 3.34. The normalized spacial score (nSPS) is 17.1. The van der Waals surface area contributed by atoms with Crippen LogP contribution in [0.5, 0.6) is 0 Å². The van der Waals surface area contributed by atoms with Crippen LogP contribution in [0, 0.1) is 11.3 Å². The highest BCUT2D eigenvalue weighted by atomic mass is 19.4. The Kier molecular flexibility index (Phi) is 7.63. The summed E-state index contributed by atoms with van der Waals surface area (Å²) in [4.78, 5) is 12.3. The molecule has 6 nitrogen and oxygen atoms in total. The monoisotopic (exact) mass is 486 g/mol. The Bertz CT molecular complexity index is 1130. The molecule has 1 heterocycles. The minimum absolute atomic E-state index is 0.0623. The summed E-state index contributed by atoms with van der Waals surface area (Å²) in [5, 5.41) is 11.7. The largest absolute Gasteiger partial charge is 0.492 e. The van der Waals surface area contributed by atoms with E-state index in [1.54, 1.807) is 6.07 Å². The smallest absolute Gasteiger partial charge is 0.445 e. The van der Waals surface area contributed by atoms with Crippen LogP contribution in [0.1, 0.15) is 49.9 Å². The summed E-state index contributed by atoms with van der Waals surface area (Å²) in [6, 6.07) is 14.1. The number of hydrogen-bond acceptors (Lipinski definition) is 5. The number of rotatable bonds is 6. The Hall–Kier alpha value is -3.29. The molecule has 0 aliphatic carbocycles. The van der Waals surface area contributed by atoms with Gasteiger partial charge in [0.2, 0.25) is 0 Å². The predicted octanol–water partition coefficient (Wildman–Crippen LogP) is 5.52. The van der Waals surface area contributed by atoms with Gasteiger partial charge < -0.3 is 19.4 Å². The number of nitrogens with one attached hydrogen (secondary N) is 1. The van der Waals surface area contributed by atoms with E-state index in [9.17, 15) is 18.0 Å². The fourth-order valence-corrected chi connectivity index (χ4v) is 3.34. The van der Waals surface area contributed by atoms with Crippen LogP contribution in [0.4, 0.5) is 18.0 Å². The van der Waals surface area contributed by atoms with Crippen LogP contribution in [0.2, 0.25) is 0 Å². The lowest BCUT2D eigenvalue weighted by Gasteiger charge is -2.32. The molecule has 0 spiro atoms. The first-order chi connectivity index (χ1) is 16.3. The average molecular weight is 486 g/mol. The molecule has 3 rings (SSSR count). The van der Waals surface area contributed by atoms with E-state index in [-0.39, 0.29) is 18.7 Å². The van der Waals surface area contributed by atoms with Gasteiger partial charge in [-0.3, -0.25) is 0 Å². The summed E-state index contributed by atoms with van der Waals surface area (Å²) < 4.78 is 57.6. The van der Waals surface area contributed by atoms with Crippen LogP contribution in [-0.2, 0) is 26.8 Å². The summed E-state index contributed by atoms with van der Waals surface area (Å²) in [5.41, 5.74) is -1.55. The molecule has 2 aromatic carbocycles. The lowest BCUT2D eigenvalue weighted by atomic mass is 9.77. The Labute approximate surface area is 202 Å². The molecule has 1 fully saturated rings. The zero-order valence-electron chi connectivity index (χ0n) is 19.9. The topological polar surface area (TPSA) is 80.6 Å². The number of alkyl halides is 3. The van der Waals surface area contributed by atoms with Gasteiger partial charge in [-0.05, 0) is 56.4 Å². The minimum atomic E-state index is -4.70. The standard InChI is InChI=1S/C25H26BF3N2O4/c1-23(2)24(3,4)35-26(34-23)20(15-31-22(32)33-16-17-8-6-5-7-9-17)12-18-10-11-19(14-30)21(13-18)25(27,28)29/h5-13H,15-16H2,1-4H3,(H,31,32). The van der Waals surface area contributed by atoms with E-state index in [0.717, 1.165) is 17.7 Å². The van der Waals surface area contributed by atoms with Gasteiger partial charge in [-0.15, -0.1) is 0 Å². The molecule has 2 aromatic rings. The number of amides is 1. The van der Waals surface area contributed by atoms with Gasteiger partial charge in [-0.1, -0.05) is 42.5 Å². The SMILES string of the molecule is CC1(C)OB(C(=Cc2ccc(C#N)c(C(F)(F)F)c2)CNC(=O)OCc2ccccc2)OC1(C)C. The van der Waals surface area contributed by atoms with Crippen molar-refractivity contribution < 1.29 is 32.0 Å². The third-order valence-electron chi connectivity index (χ3n) is 6.03. The second-order valence-electron chi connectivity index (χ2n) is 9.14. The highest BCUT2D eigenvalue weighted by Crippen LogP contribution is 2.39. The van der Waals surface area contributed by atoms with Crippen LogP contribution in [0.15, 0.2) is 54.0 Å². The second-order valence-corrected chi connectivity index (χ2v) is 9.14. The average Bonchev–Trinajstić information content (AvgIpc) is 3.01. The van der Waals surface area contributed by atoms with Crippen LogP contribution in [0.25, 0.3) is 6.08 Å². The lowest BCUT2D eigenvalue weighted by Crippen LogP contribution is -2.41. The van der Waals surface area contributed by atoms with Crippen molar-refractivity contribution in [1.82, 2.24) is 5.32 Å². The number of hydrogen-bond donors (Lipinski definition) is 1. The molecule has 0 aromatic heterocycles. The molecule has 0 atom stereocenters. The zero-order valence-corrected chi connectivity index (χ0v) is 19.9. The molecule has 1 aliphatic heterocycles. The molecule has 184 valence electrons. The first kappa shape index (κ1) is 26.3. The van der Waals surface area contributed by atoms with Gasteiger partial charge in [0.15, 0.2) is 0 Å². The molecule has 1 aliphatic rings. The van der Waals surface area contributed by atoms with E-state index in [1.165, 1.54) is 12.1 Å². The number of nitrogens with zero attached hydrogens (tertiary/aromatic N) is 1. The van der Waals surface area contributed by atoms with Gasteiger partial charge >= 0.3 is 19.4 Å². The molecule has 0 unspecified atom stereocenters. The second kappa shape index (κ2) is 10.1. The van der Waals surface area contributed by atoms with Gasteiger partial charge in [-0.25, -0.2) is 4.79 Å². The Morgan fingerprint density at radius 2 is 1.74 bits per heavy atom. The maximum absolute atomic E-state index is 13.4. The number of benzene rings is 2. The third-order valence-corrected chi connectivity index (χ3v) is 6.03. The van der Waals surface area contributed by atoms with Crippen LogP contribution in [-0.4, -0.2) is 31.0 Å². The van der Waals surface area contributed by atoms with E-state index in [1.807, 2.05) is 58.0 Å². The van der Waals surface area contributed by atoms with E-state index >= 15 is 0 Å². The maximum Gasteiger partial charge on any atom is 0.492 e. The van der Waals surface area contributed by atoms with Crippen LogP contribution in [0.3, 0.4) is 0 Å². The first-order valence-corrected chi connectivity index (χ1v) is 10.9. The summed E-state index contributed by atoms with van der Waals surface area (Å²) in [6.07, 6.45) is -3.94. The summed E-state index contributed by atoms with van der Waals surface area (Å²) in [6.45, 7) is 7.34. The Morgan fingerprint density at radius 3 is 2.31 bits per heavy atom. The van der Waals surface area contributed by atoms with E-state index in [2.05, 4.69) is 5.32 Å². The van der Waals surface area contributed by atoms with E-state index < -0.39 is 41.7 Å². The number of halogens is 3. The van der Waals surface area contributed by atoms with E-state index in [4.69, 9.17) is 19.3 Å². The highest BCUT2D eigenvalue weighted by molar-refractivity contribution is 6.56. The number of ether oxygens (including phenoxy) is 1. The van der Waals surface area contributed by atoms with Crippen molar-refractivity contribution in [2.24, 2.45) is 0 Å². The van der Waals surface area contributed by atoms with E-state index in [0.29, 0.717) is 5.47 Å². The molecule has 10 heteroatoms. The van der Waals surface area contributed by atoms with Gasteiger partial charge in [0.05, 0.1) is 28.4 Å². The number of carbonyl (C=O) groups excluding carboxylic acids is 1. The Balaban J connectivity index is 1.84. The molecule has 1 saturated heterocycles. The van der Waals surface area contributed by atoms with Crippen molar-refractivity contribution in [1.29, 1.82) is 5.26 Å². The lowest BCUT2D eigenvalue weighted by molar-refractivity contribution is -0.137. The number of alkyl carbamates (subject to hydrolysis) is 1. The highest BCUT2D eigenvalue weighted by Gasteiger charge is 2.52. The zero-order chi connectivity index (χ0) is 25.9. The Morgan fingerprint density at radius 1 is 1.11 bits per heavy atom. The predicted molar refractivity (Wildman–Crippen MR) is 125 cm³/mol. The molecular formula is C25H26BF3N2O4. The molecule has 0 bridgehead atoms. The third kappa shape index (κ3) is 6.44. The van der Waals surface area contributed by atoms with Crippen molar-refractivity contribution in [2.75, 3.05) is 6.54 Å². The molecule has 1 amide bonds. The number of nitriles is 1. The fraction of sp³-hybridized carbons (Fsp3) is 0.360. The van der Waals surface area contributed by atoms with Crippen molar-refractivity contribution in [3.63, 3.8) is 0 Å². The van der Waals surface area contributed by atoms with Gasteiger partial charge in [-0.2, -0.15) is 18.4 Å². The van der Waals surface area contributed by atoms with Gasteiger partial charge in [0, 0.05) is 6.54 Å². The summed E-state index contributed by atoms with van der Waals surface area (Å²) in [7, 11) is -0.917. The summed E-state index contributed by atoms with van der Waals surface area (Å²) in [5.74, 6) is 0. The van der Waals surface area contributed by atoms with Crippen molar-refractivity contribution in [3.05, 3.63) is 76.3 Å². The molecule has 1 N–H and O–H groups in total. The van der Waals surface area contributed by atoms with Gasteiger partial charge in [0.1, 0.15) is 6.61 Å². The maximum atomic E-state index is 13.4. The van der Waals surface area contributed by atoms with Crippen LogP contribution < -0.4 is 5.32 Å². The molecule has 0 saturated carbocycles. The van der Waals surface area contributed by atoms with Crippen LogP contribution >= 0.6 is 0 Å². The minimum Gasteiger partial charge on any atom is -0.445 e. The quantitative estimate of drug-likeness (QED) is 0.544. The molecule has 35 heavy (non-hydrogen) atoms.